The van der Waals surface area contributed by atoms with Crippen molar-refractivity contribution in [2.75, 3.05) is 6.54 Å². The third kappa shape index (κ3) is 1.75. The second-order valence-electron chi connectivity index (χ2n) is 3.36. The zero-order valence-corrected chi connectivity index (χ0v) is 7.83. The number of hydrogen-bond donors (Lipinski definition) is 1. The van der Waals surface area contributed by atoms with E-state index in [0.29, 0.717) is 6.54 Å². The second-order valence-corrected chi connectivity index (χ2v) is 3.36. The quantitative estimate of drug-likeness (QED) is 0.771. The Morgan fingerprint density at radius 1 is 1.00 bits per heavy atom. The smallest absolute Gasteiger partial charge is 0.123 e. The van der Waals surface area contributed by atoms with Gasteiger partial charge in [0.25, 0.3) is 0 Å². The Labute approximate surface area is 82.3 Å². The van der Waals surface area contributed by atoms with Crippen LogP contribution in [-0.2, 0) is 6.42 Å². The minimum atomic E-state index is -0.192. The van der Waals surface area contributed by atoms with Gasteiger partial charge in [-0.15, -0.1) is 0 Å². The van der Waals surface area contributed by atoms with Crippen LogP contribution in [0.3, 0.4) is 0 Å². The highest BCUT2D eigenvalue weighted by Crippen LogP contribution is 2.17. The molecule has 0 aliphatic heterocycles. The van der Waals surface area contributed by atoms with Crippen LogP contribution in [0.4, 0.5) is 4.39 Å². The van der Waals surface area contributed by atoms with Gasteiger partial charge in [-0.3, -0.25) is 0 Å². The summed E-state index contributed by atoms with van der Waals surface area (Å²) in [4.78, 5) is 0. The Balaban J connectivity index is 2.52. The molecule has 0 amide bonds. The van der Waals surface area contributed by atoms with Crippen molar-refractivity contribution in [1.82, 2.24) is 0 Å². The molecule has 0 fully saturated rings. The molecule has 2 aromatic carbocycles. The van der Waals surface area contributed by atoms with E-state index in [1.54, 1.807) is 12.1 Å². The van der Waals surface area contributed by atoms with Gasteiger partial charge in [-0.25, -0.2) is 4.39 Å². The van der Waals surface area contributed by atoms with Gasteiger partial charge in [0.15, 0.2) is 0 Å². The molecule has 0 radical (unpaired) electrons. The van der Waals surface area contributed by atoms with Crippen molar-refractivity contribution in [3.63, 3.8) is 0 Å². The number of halogens is 1. The van der Waals surface area contributed by atoms with E-state index in [9.17, 15) is 4.39 Å². The zero-order chi connectivity index (χ0) is 9.97. The Morgan fingerprint density at radius 3 is 2.57 bits per heavy atom. The van der Waals surface area contributed by atoms with Gasteiger partial charge in [0.05, 0.1) is 0 Å². The molecule has 0 bridgehead atoms. The molecule has 0 aromatic heterocycles. The molecule has 14 heavy (non-hydrogen) atoms. The minimum Gasteiger partial charge on any atom is -0.330 e. The maximum absolute atomic E-state index is 12.9. The fourth-order valence-electron chi connectivity index (χ4n) is 1.59. The summed E-state index contributed by atoms with van der Waals surface area (Å²) in [6.07, 6.45) is 0.840. The first kappa shape index (κ1) is 9.16. The monoisotopic (exact) mass is 189 g/mol. The summed E-state index contributed by atoms with van der Waals surface area (Å²) in [6, 6.07) is 10.8. The van der Waals surface area contributed by atoms with Crippen molar-refractivity contribution in [2.45, 2.75) is 6.42 Å². The first-order chi connectivity index (χ1) is 6.79. The van der Waals surface area contributed by atoms with Crippen LogP contribution in [-0.4, -0.2) is 6.54 Å². The minimum absolute atomic E-state index is 0.192. The van der Waals surface area contributed by atoms with Gasteiger partial charge in [0.1, 0.15) is 5.82 Å². The summed E-state index contributed by atoms with van der Waals surface area (Å²) < 4.78 is 12.9. The van der Waals surface area contributed by atoms with E-state index in [1.807, 2.05) is 18.2 Å². The lowest BCUT2D eigenvalue weighted by Crippen LogP contribution is -2.02. The van der Waals surface area contributed by atoms with E-state index >= 15 is 0 Å². The molecule has 0 atom stereocenters. The van der Waals surface area contributed by atoms with Crippen LogP contribution in [0.5, 0.6) is 0 Å². The topological polar surface area (TPSA) is 26.0 Å². The number of benzene rings is 2. The van der Waals surface area contributed by atoms with E-state index in [4.69, 9.17) is 5.73 Å². The van der Waals surface area contributed by atoms with Crippen LogP contribution in [0.25, 0.3) is 10.8 Å². The highest BCUT2D eigenvalue weighted by atomic mass is 19.1. The highest BCUT2D eigenvalue weighted by molar-refractivity contribution is 5.83. The third-order valence-corrected chi connectivity index (χ3v) is 2.30. The van der Waals surface area contributed by atoms with Gasteiger partial charge in [-0.2, -0.15) is 0 Å². The summed E-state index contributed by atoms with van der Waals surface area (Å²) in [5.74, 6) is -0.192. The Hall–Kier alpha value is -1.41. The first-order valence-corrected chi connectivity index (χ1v) is 4.68. The normalized spacial score (nSPS) is 10.7. The molecule has 0 saturated carbocycles. The van der Waals surface area contributed by atoms with Crippen LogP contribution in [0.15, 0.2) is 36.4 Å². The van der Waals surface area contributed by atoms with Crippen LogP contribution >= 0.6 is 0 Å². The van der Waals surface area contributed by atoms with Crippen molar-refractivity contribution < 1.29 is 4.39 Å². The summed E-state index contributed by atoms with van der Waals surface area (Å²) in [6.45, 7) is 0.626. The fraction of sp³-hybridized carbons (Fsp3) is 0.167. The Kier molecular flexibility index (Phi) is 2.46. The molecule has 2 N–H and O–H groups in total. The van der Waals surface area contributed by atoms with Crippen LogP contribution in [0.1, 0.15) is 5.56 Å². The second kappa shape index (κ2) is 3.76. The standard InChI is InChI=1S/C12H12FN/c13-12-4-3-10-2-1-9(5-6-14)7-11(10)8-12/h1-4,7-8H,5-6,14H2. The SMILES string of the molecule is NCCc1ccc2ccc(F)cc2c1. The lowest BCUT2D eigenvalue weighted by molar-refractivity contribution is 0.630. The van der Waals surface area contributed by atoms with Gasteiger partial charge in [-0.1, -0.05) is 24.3 Å². The van der Waals surface area contributed by atoms with Gasteiger partial charge < -0.3 is 5.73 Å². The summed E-state index contributed by atoms with van der Waals surface area (Å²) in [5, 5.41) is 2.00. The average Bonchev–Trinajstić information content (AvgIpc) is 2.17. The molecule has 2 rings (SSSR count). The van der Waals surface area contributed by atoms with E-state index in [1.165, 1.54) is 6.07 Å². The lowest BCUT2D eigenvalue weighted by Gasteiger charge is -2.02. The third-order valence-electron chi connectivity index (χ3n) is 2.30. The summed E-state index contributed by atoms with van der Waals surface area (Å²) >= 11 is 0. The molecule has 0 spiro atoms. The highest BCUT2D eigenvalue weighted by Gasteiger charge is 1.97. The summed E-state index contributed by atoms with van der Waals surface area (Å²) in [5.41, 5.74) is 6.62. The van der Waals surface area contributed by atoms with E-state index in [2.05, 4.69) is 0 Å². The van der Waals surface area contributed by atoms with Gasteiger partial charge in [-0.05, 0) is 41.4 Å². The largest absolute Gasteiger partial charge is 0.330 e. The zero-order valence-electron chi connectivity index (χ0n) is 7.83. The number of fused-ring (bicyclic) bond motifs is 1. The molecule has 0 heterocycles. The van der Waals surface area contributed by atoms with Crippen LogP contribution < -0.4 is 5.73 Å². The van der Waals surface area contributed by atoms with Crippen LogP contribution in [0.2, 0.25) is 0 Å². The van der Waals surface area contributed by atoms with Gasteiger partial charge in [0.2, 0.25) is 0 Å². The average molecular weight is 189 g/mol. The van der Waals surface area contributed by atoms with Crippen molar-refractivity contribution >= 4 is 10.8 Å². The van der Waals surface area contributed by atoms with Crippen LogP contribution in [0, 0.1) is 5.82 Å². The maximum atomic E-state index is 12.9. The molecule has 0 saturated heterocycles. The maximum Gasteiger partial charge on any atom is 0.123 e. The van der Waals surface area contributed by atoms with Crippen molar-refractivity contribution in [3.05, 3.63) is 47.8 Å². The number of rotatable bonds is 2. The molecule has 0 aliphatic rings. The molecule has 2 aromatic rings. The van der Waals surface area contributed by atoms with Crippen molar-refractivity contribution in [3.8, 4) is 0 Å². The molecular formula is C12H12FN. The fourth-order valence-corrected chi connectivity index (χ4v) is 1.59. The molecule has 72 valence electrons. The van der Waals surface area contributed by atoms with E-state index in [-0.39, 0.29) is 5.82 Å². The van der Waals surface area contributed by atoms with E-state index in [0.717, 1.165) is 22.8 Å². The molecular weight excluding hydrogens is 177 g/mol. The number of nitrogens with two attached hydrogens (primary N) is 1. The Morgan fingerprint density at radius 2 is 1.79 bits per heavy atom. The lowest BCUT2D eigenvalue weighted by atomic mass is 10.1. The number of hydrogen-bond acceptors (Lipinski definition) is 1. The first-order valence-electron chi connectivity index (χ1n) is 4.68. The predicted molar refractivity (Wildman–Crippen MR) is 56.7 cm³/mol. The van der Waals surface area contributed by atoms with Crippen molar-refractivity contribution in [2.24, 2.45) is 5.73 Å². The Bertz CT molecular complexity index is 451. The van der Waals surface area contributed by atoms with E-state index < -0.39 is 0 Å². The van der Waals surface area contributed by atoms with Crippen molar-refractivity contribution in [1.29, 1.82) is 0 Å². The molecule has 1 nitrogen and oxygen atoms in total. The molecule has 0 unspecified atom stereocenters. The van der Waals surface area contributed by atoms with Gasteiger partial charge in [0, 0.05) is 0 Å². The summed E-state index contributed by atoms with van der Waals surface area (Å²) in [7, 11) is 0. The van der Waals surface area contributed by atoms with Gasteiger partial charge >= 0.3 is 0 Å². The predicted octanol–water partition coefficient (Wildman–Crippen LogP) is 2.48. The molecule has 2 heteroatoms. The molecule has 0 aliphatic carbocycles.